The first-order valence-electron chi connectivity index (χ1n) is 3.93. The molecule has 1 aromatic rings. The fourth-order valence-corrected chi connectivity index (χ4v) is 1.38. The lowest BCUT2D eigenvalue weighted by molar-refractivity contribution is 0.0247. The minimum Gasteiger partial charge on any atom is -0.382 e. The second-order valence-electron chi connectivity index (χ2n) is 3.36. The van der Waals surface area contributed by atoms with Crippen LogP contribution in [0.15, 0.2) is 12.4 Å². The standard InChI is InChI=1S/C8H12N2O/c1-8(11,6-2-3-6)7-9-4-5-10-7/h4-6,11H,2-3H2,1H3,(H,9,10). The molecule has 3 nitrogen and oxygen atoms in total. The predicted octanol–water partition coefficient (Wildman–Crippen LogP) is 1.03. The van der Waals surface area contributed by atoms with Gasteiger partial charge in [-0.15, -0.1) is 0 Å². The van der Waals surface area contributed by atoms with Crippen molar-refractivity contribution in [3.05, 3.63) is 18.2 Å². The quantitative estimate of drug-likeness (QED) is 0.664. The molecule has 0 aromatic carbocycles. The Hall–Kier alpha value is -0.830. The Bertz CT molecular complexity index is 237. The molecule has 0 radical (unpaired) electrons. The fourth-order valence-electron chi connectivity index (χ4n) is 1.38. The fraction of sp³-hybridized carbons (Fsp3) is 0.625. The molecule has 1 fully saturated rings. The maximum Gasteiger partial charge on any atom is 0.138 e. The average Bonchev–Trinajstić information content (AvgIpc) is 2.66. The monoisotopic (exact) mass is 152 g/mol. The molecule has 2 N–H and O–H groups in total. The van der Waals surface area contributed by atoms with Crippen molar-refractivity contribution < 1.29 is 5.11 Å². The van der Waals surface area contributed by atoms with Gasteiger partial charge >= 0.3 is 0 Å². The summed E-state index contributed by atoms with van der Waals surface area (Å²) in [6.45, 7) is 1.82. The Kier molecular flexibility index (Phi) is 1.29. The van der Waals surface area contributed by atoms with Crippen LogP contribution in [0.25, 0.3) is 0 Å². The van der Waals surface area contributed by atoms with Gasteiger partial charge in [-0.25, -0.2) is 4.98 Å². The van der Waals surface area contributed by atoms with Gasteiger partial charge in [0.15, 0.2) is 0 Å². The van der Waals surface area contributed by atoms with E-state index < -0.39 is 5.60 Å². The molecule has 0 aliphatic heterocycles. The van der Waals surface area contributed by atoms with Crippen LogP contribution in [0.4, 0.5) is 0 Å². The van der Waals surface area contributed by atoms with Crippen molar-refractivity contribution in [2.24, 2.45) is 5.92 Å². The first-order valence-corrected chi connectivity index (χ1v) is 3.93. The SMILES string of the molecule is CC(O)(c1ncc[nH]1)C1CC1. The van der Waals surface area contributed by atoms with Crippen molar-refractivity contribution in [2.75, 3.05) is 0 Å². The third-order valence-corrected chi connectivity index (χ3v) is 2.35. The summed E-state index contributed by atoms with van der Waals surface area (Å²) in [4.78, 5) is 6.98. The number of nitrogens with zero attached hydrogens (tertiary/aromatic N) is 1. The van der Waals surface area contributed by atoms with E-state index in [4.69, 9.17) is 0 Å². The molecule has 1 atom stereocenters. The van der Waals surface area contributed by atoms with Crippen LogP contribution in [0.2, 0.25) is 0 Å². The van der Waals surface area contributed by atoms with E-state index in [-0.39, 0.29) is 0 Å². The number of hydrogen-bond donors (Lipinski definition) is 2. The molecule has 1 aliphatic rings. The van der Waals surface area contributed by atoms with Crippen molar-refractivity contribution >= 4 is 0 Å². The predicted molar refractivity (Wildman–Crippen MR) is 40.9 cm³/mol. The molecular weight excluding hydrogens is 140 g/mol. The topological polar surface area (TPSA) is 48.9 Å². The highest BCUT2D eigenvalue weighted by Crippen LogP contribution is 2.44. The van der Waals surface area contributed by atoms with E-state index in [0.717, 1.165) is 12.8 Å². The van der Waals surface area contributed by atoms with Gasteiger partial charge in [0.25, 0.3) is 0 Å². The Balaban J connectivity index is 2.26. The summed E-state index contributed by atoms with van der Waals surface area (Å²) in [6, 6.07) is 0. The molecular formula is C8H12N2O. The first-order chi connectivity index (χ1) is 5.21. The molecule has 1 aliphatic carbocycles. The molecule has 11 heavy (non-hydrogen) atoms. The van der Waals surface area contributed by atoms with Gasteiger partial charge in [0.1, 0.15) is 11.4 Å². The van der Waals surface area contributed by atoms with E-state index >= 15 is 0 Å². The molecule has 60 valence electrons. The van der Waals surface area contributed by atoms with Gasteiger partial charge in [0.05, 0.1) is 0 Å². The van der Waals surface area contributed by atoms with Gasteiger partial charge in [-0.1, -0.05) is 0 Å². The van der Waals surface area contributed by atoms with E-state index in [1.165, 1.54) is 0 Å². The summed E-state index contributed by atoms with van der Waals surface area (Å²) in [5, 5.41) is 9.92. The maximum atomic E-state index is 9.92. The van der Waals surface area contributed by atoms with E-state index in [9.17, 15) is 5.11 Å². The zero-order valence-electron chi connectivity index (χ0n) is 6.54. The summed E-state index contributed by atoms with van der Waals surface area (Å²) < 4.78 is 0. The molecule has 1 unspecified atom stereocenters. The lowest BCUT2D eigenvalue weighted by atomic mass is 10.0. The summed E-state index contributed by atoms with van der Waals surface area (Å²) in [5.41, 5.74) is -0.733. The van der Waals surface area contributed by atoms with Gasteiger partial charge in [-0.2, -0.15) is 0 Å². The van der Waals surface area contributed by atoms with Gasteiger partial charge in [-0.3, -0.25) is 0 Å². The number of rotatable bonds is 2. The largest absolute Gasteiger partial charge is 0.382 e. The number of H-pyrrole nitrogens is 1. The molecule has 0 amide bonds. The van der Waals surface area contributed by atoms with E-state index in [2.05, 4.69) is 9.97 Å². The van der Waals surface area contributed by atoms with Crippen LogP contribution in [0.3, 0.4) is 0 Å². The minimum atomic E-state index is -0.733. The lowest BCUT2D eigenvalue weighted by Crippen LogP contribution is -2.25. The third-order valence-electron chi connectivity index (χ3n) is 2.35. The third kappa shape index (κ3) is 1.05. The summed E-state index contributed by atoms with van der Waals surface area (Å²) in [7, 11) is 0. The van der Waals surface area contributed by atoms with Crippen molar-refractivity contribution in [3.8, 4) is 0 Å². The van der Waals surface area contributed by atoms with Crippen molar-refractivity contribution in [1.29, 1.82) is 0 Å². The lowest BCUT2D eigenvalue weighted by Gasteiger charge is -2.19. The molecule has 1 heterocycles. The minimum absolute atomic E-state index is 0.411. The molecule has 1 saturated carbocycles. The Morgan fingerprint density at radius 2 is 2.45 bits per heavy atom. The van der Waals surface area contributed by atoms with Crippen LogP contribution in [-0.4, -0.2) is 15.1 Å². The number of nitrogens with one attached hydrogen (secondary N) is 1. The molecule has 2 rings (SSSR count). The molecule has 0 bridgehead atoms. The first kappa shape index (κ1) is 6.85. The Labute approximate surface area is 65.5 Å². The van der Waals surface area contributed by atoms with Crippen LogP contribution < -0.4 is 0 Å². The number of imidazole rings is 1. The van der Waals surface area contributed by atoms with Crippen LogP contribution >= 0.6 is 0 Å². The average molecular weight is 152 g/mol. The van der Waals surface area contributed by atoms with E-state index in [0.29, 0.717) is 11.7 Å². The normalized spacial score (nSPS) is 23.1. The molecule has 0 saturated heterocycles. The Morgan fingerprint density at radius 1 is 1.73 bits per heavy atom. The van der Waals surface area contributed by atoms with Gasteiger partial charge in [0.2, 0.25) is 0 Å². The van der Waals surface area contributed by atoms with Crippen LogP contribution in [0.1, 0.15) is 25.6 Å². The highest BCUT2D eigenvalue weighted by Gasteiger charge is 2.42. The Morgan fingerprint density at radius 3 is 2.91 bits per heavy atom. The zero-order valence-corrected chi connectivity index (χ0v) is 6.54. The number of aromatic amines is 1. The van der Waals surface area contributed by atoms with Crippen molar-refractivity contribution in [3.63, 3.8) is 0 Å². The van der Waals surface area contributed by atoms with Crippen LogP contribution in [-0.2, 0) is 5.60 Å². The smallest absolute Gasteiger partial charge is 0.138 e. The van der Waals surface area contributed by atoms with Gasteiger partial charge in [0, 0.05) is 12.4 Å². The zero-order chi connectivity index (χ0) is 7.90. The second kappa shape index (κ2) is 2.08. The molecule has 0 spiro atoms. The van der Waals surface area contributed by atoms with Gasteiger partial charge < -0.3 is 10.1 Å². The summed E-state index contributed by atoms with van der Waals surface area (Å²) in [5.74, 6) is 1.11. The van der Waals surface area contributed by atoms with Crippen LogP contribution in [0.5, 0.6) is 0 Å². The highest BCUT2D eigenvalue weighted by molar-refractivity contribution is 5.06. The van der Waals surface area contributed by atoms with Crippen molar-refractivity contribution in [1.82, 2.24) is 9.97 Å². The number of aliphatic hydroxyl groups is 1. The van der Waals surface area contributed by atoms with E-state index in [1.54, 1.807) is 12.4 Å². The second-order valence-corrected chi connectivity index (χ2v) is 3.36. The maximum absolute atomic E-state index is 9.92. The highest BCUT2D eigenvalue weighted by atomic mass is 16.3. The van der Waals surface area contributed by atoms with Gasteiger partial charge in [-0.05, 0) is 25.7 Å². The molecule has 1 aromatic heterocycles. The van der Waals surface area contributed by atoms with Crippen LogP contribution in [0, 0.1) is 5.92 Å². The number of aromatic nitrogens is 2. The van der Waals surface area contributed by atoms with E-state index in [1.807, 2.05) is 6.92 Å². The molecule has 3 heteroatoms. The summed E-state index contributed by atoms with van der Waals surface area (Å²) >= 11 is 0. The number of hydrogen-bond acceptors (Lipinski definition) is 2. The van der Waals surface area contributed by atoms with Crippen molar-refractivity contribution in [2.45, 2.75) is 25.4 Å². The summed E-state index contributed by atoms with van der Waals surface area (Å²) in [6.07, 6.45) is 5.65.